The van der Waals surface area contributed by atoms with Gasteiger partial charge in [0.15, 0.2) is 6.23 Å². The molecule has 1 aromatic carbocycles. The van der Waals surface area contributed by atoms with E-state index in [4.69, 9.17) is 16.3 Å². The topological polar surface area (TPSA) is 76.9 Å². The van der Waals surface area contributed by atoms with Gasteiger partial charge in [0.1, 0.15) is 10.8 Å². The Kier molecular flexibility index (Phi) is 9.24. The first kappa shape index (κ1) is 27.8. The lowest BCUT2D eigenvalue weighted by Gasteiger charge is -2.36. The fourth-order valence-corrected chi connectivity index (χ4v) is 4.36. The highest BCUT2D eigenvalue weighted by Gasteiger charge is 2.32. The van der Waals surface area contributed by atoms with Gasteiger partial charge in [-0.1, -0.05) is 31.5 Å². The molecule has 1 unspecified atom stereocenters. The number of hydrogen-bond donors (Lipinski definition) is 0. The zero-order valence-corrected chi connectivity index (χ0v) is 21.2. The van der Waals surface area contributed by atoms with Gasteiger partial charge in [0.2, 0.25) is 5.91 Å². The number of nitrogens with zero attached hydrogens (tertiary/aromatic N) is 4. The lowest BCUT2D eigenvalue weighted by Crippen LogP contribution is -2.50. The molecule has 2 saturated heterocycles. The standard InChI is InChI=1S/C22H24ClF3N4O4.C2H6/c1-14-10-16(34-22(24,25)26)6-5-15(14)12-29-8-7-28(13-18(29)31)17-11-27-30(21(32)20(17)23)19-4-2-3-9-33-19;1-2/h5-6,10-11,19H,2-4,7-9,12-13H2,1H3;1-2H3. The Morgan fingerprint density at radius 3 is 2.56 bits per heavy atom. The Labute approximate surface area is 212 Å². The third-order valence-corrected chi connectivity index (χ3v) is 6.28. The molecule has 0 bridgehead atoms. The molecule has 2 fully saturated rings. The number of halogens is 4. The van der Waals surface area contributed by atoms with Crippen LogP contribution in [0.15, 0.2) is 29.2 Å². The highest BCUT2D eigenvalue weighted by atomic mass is 35.5. The number of carbonyl (C=O) groups excluding carboxylic acids is 1. The number of anilines is 1. The summed E-state index contributed by atoms with van der Waals surface area (Å²) in [5.74, 6) is -0.502. The van der Waals surface area contributed by atoms with Crippen LogP contribution in [-0.4, -0.2) is 53.2 Å². The number of amides is 1. The zero-order chi connectivity index (χ0) is 26.5. The van der Waals surface area contributed by atoms with Crippen molar-refractivity contribution in [2.24, 2.45) is 0 Å². The van der Waals surface area contributed by atoms with Crippen molar-refractivity contribution in [1.82, 2.24) is 14.7 Å². The highest BCUT2D eigenvalue weighted by molar-refractivity contribution is 6.33. The lowest BCUT2D eigenvalue weighted by atomic mass is 10.1. The summed E-state index contributed by atoms with van der Waals surface area (Å²) in [5, 5.41) is 4.22. The largest absolute Gasteiger partial charge is 0.573 e. The van der Waals surface area contributed by atoms with Gasteiger partial charge in [-0.05, 0) is 49.4 Å². The quantitative estimate of drug-likeness (QED) is 0.559. The molecular weight excluding hydrogens is 501 g/mol. The summed E-state index contributed by atoms with van der Waals surface area (Å²) in [5.41, 5.74) is 1.22. The van der Waals surface area contributed by atoms with Gasteiger partial charge in [-0.3, -0.25) is 9.59 Å². The Morgan fingerprint density at radius 2 is 1.94 bits per heavy atom. The first-order valence-corrected chi connectivity index (χ1v) is 12.3. The van der Waals surface area contributed by atoms with Crippen molar-refractivity contribution in [2.45, 2.75) is 59.2 Å². The molecule has 1 aromatic heterocycles. The minimum atomic E-state index is -4.76. The van der Waals surface area contributed by atoms with Crippen molar-refractivity contribution >= 4 is 23.2 Å². The van der Waals surface area contributed by atoms with Crippen LogP contribution >= 0.6 is 11.6 Å². The van der Waals surface area contributed by atoms with Crippen molar-refractivity contribution in [3.8, 4) is 5.75 Å². The van der Waals surface area contributed by atoms with Crippen LogP contribution in [-0.2, 0) is 16.1 Å². The van der Waals surface area contributed by atoms with Crippen LogP contribution in [0.5, 0.6) is 5.75 Å². The average molecular weight is 531 g/mol. The summed E-state index contributed by atoms with van der Waals surface area (Å²) in [6.45, 7) is 7.24. The normalized spacial score (nSPS) is 18.5. The zero-order valence-electron chi connectivity index (χ0n) is 20.5. The van der Waals surface area contributed by atoms with E-state index in [1.54, 1.807) is 16.7 Å². The van der Waals surface area contributed by atoms with E-state index in [-0.39, 0.29) is 29.8 Å². The van der Waals surface area contributed by atoms with Crippen LogP contribution < -0.4 is 15.2 Å². The molecule has 0 N–H and O–H groups in total. The number of benzene rings is 1. The van der Waals surface area contributed by atoms with E-state index >= 15 is 0 Å². The first-order chi connectivity index (χ1) is 17.1. The first-order valence-electron chi connectivity index (χ1n) is 11.9. The Balaban J connectivity index is 0.00000176. The summed E-state index contributed by atoms with van der Waals surface area (Å²) in [6, 6.07) is 4.04. The summed E-state index contributed by atoms with van der Waals surface area (Å²) < 4.78 is 48.1. The Hall–Kier alpha value is -2.79. The number of alkyl halides is 3. The van der Waals surface area contributed by atoms with Crippen molar-refractivity contribution < 1.29 is 27.4 Å². The van der Waals surface area contributed by atoms with Crippen LogP contribution in [0.25, 0.3) is 0 Å². The molecule has 0 aliphatic carbocycles. The fraction of sp³-hybridized carbons (Fsp3) is 0.542. The second kappa shape index (κ2) is 12.0. The van der Waals surface area contributed by atoms with Crippen molar-refractivity contribution in [3.05, 3.63) is 50.9 Å². The van der Waals surface area contributed by atoms with E-state index in [9.17, 15) is 22.8 Å². The monoisotopic (exact) mass is 530 g/mol. The molecule has 3 heterocycles. The lowest BCUT2D eigenvalue weighted by molar-refractivity contribution is -0.274. The van der Waals surface area contributed by atoms with Crippen LogP contribution in [0.1, 0.15) is 50.5 Å². The van der Waals surface area contributed by atoms with Crippen LogP contribution in [0.4, 0.5) is 18.9 Å². The smallest absolute Gasteiger partial charge is 0.406 e. The van der Waals surface area contributed by atoms with E-state index in [2.05, 4.69) is 9.84 Å². The van der Waals surface area contributed by atoms with E-state index in [0.717, 1.165) is 12.8 Å². The second-order valence-electron chi connectivity index (χ2n) is 8.29. The average Bonchev–Trinajstić information content (AvgIpc) is 2.84. The Morgan fingerprint density at radius 1 is 1.19 bits per heavy atom. The molecule has 2 aliphatic heterocycles. The highest BCUT2D eigenvalue weighted by Crippen LogP contribution is 2.28. The molecule has 1 atom stereocenters. The van der Waals surface area contributed by atoms with Gasteiger partial charge < -0.3 is 19.3 Å². The molecular formula is C24H30ClF3N4O4. The van der Waals surface area contributed by atoms with Gasteiger partial charge in [-0.25, -0.2) is 0 Å². The van der Waals surface area contributed by atoms with Crippen LogP contribution in [0.2, 0.25) is 5.02 Å². The van der Waals surface area contributed by atoms with E-state index < -0.39 is 18.1 Å². The number of aromatic nitrogens is 2. The molecule has 198 valence electrons. The minimum Gasteiger partial charge on any atom is -0.406 e. The number of rotatable bonds is 5. The molecule has 4 rings (SSSR count). The molecule has 0 radical (unpaired) electrons. The molecule has 1 amide bonds. The maximum atomic E-state index is 12.8. The maximum absolute atomic E-state index is 12.8. The van der Waals surface area contributed by atoms with Crippen molar-refractivity contribution in [3.63, 3.8) is 0 Å². The summed E-state index contributed by atoms with van der Waals surface area (Å²) in [4.78, 5) is 28.9. The van der Waals surface area contributed by atoms with Gasteiger partial charge >= 0.3 is 6.36 Å². The SMILES string of the molecule is CC.Cc1cc(OC(F)(F)F)ccc1CN1CCN(c2cnn(C3CCCCO3)c(=O)c2Cl)CC1=O. The summed E-state index contributed by atoms with van der Waals surface area (Å²) in [6.07, 6.45) is -1.17. The number of aryl methyl sites for hydroxylation is 1. The van der Waals surface area contributed by atoms with E-state index in [0.29, 0.717) is 42.9 Å². The molecule has 0 saturated carbocycles. The molecule has 0 spiro atoms. The maximum Gasteiger partial charge on any atom is 0.573 e. The third kappa shape index (κ3) is 6.70. The van der Waals surface area contributed by atoms with Gasteiger partial charge in [-0.2, -0.15) is 9.78 Å². The van der Waals surface area contributed by atoms with Gasteiger partial charge in [0.25, 0.3) is 5.56 Å². The van der Waals surface area contributed by atoms with Crippen LogP contribution in [0.3, 0.4) is 0 Å². The van der Waals surface area contributed by atoms with Gasteiger partial charge in [0, 0.05) is 26.2 Å². The fourth-order valence-electron chi connectivity index (χ4n) is 4.11. The molecule has 2 aliphatic rings. The van der Waals surface area contributed by atoms with E-state index in [1.165, 1.54) is 29.1 Å². The predicted molar refractivity (Wildman–Crippen MR) is 129 cm³/mol. The third-order valence-electron chi connectivity index (χ3n) is 5.92. The minimum absolute atomic E-state index is 0.000895. The molecule has 8 nitrogen and oxygen atoms in total. The summed E-state index contributed by atoms with van der Waals surface area (Å²) in [7, 11) is 0. The molecule has 36 heavy (non-hydrogen) atoms. The number of ether oxygens (including phenoxy) is 2. The number of carbonyl (C=O) groups is 1. The predicted octanol–water partition coefficient (Wildman–Crippen LogP) is 4.68. The Bertz CT molecular complexity index is 1120. The second-order valence-corrected chi connectivity index (χ2v) is 8.67. The molecule has 2 aromatic rings. The van der Waals surface area contributed by atoms with Crippen molar-refractivity contribution in [1.29, 1.82) is 0 Å². The van der Waals surface area contributed by atoms with Gasteiger partial charge in [0.05, 0.1) is 18.4 Å². The summed E-state index contributed by atoms with van der Waals surface area (Å²) >= 11 is 6.36. The van der Waals surface area contributed by atoms with Crippen molar-refractivity contribution in [2.75, 3.05) is 31.1 Å². The number of hydrogen-bond acceptors (Lipinski definition) is 6. The molecule has 12 heteroatoms. The van der Waals surface area contributed by atoms with E-state index in [1.807, 2.05) is 13.8 Å². The number of piperazine rings is 1. The van der Waals surface area contributed by atoms with Gasteiger partial charge in [-0.15, -0.1) is 13.2 Å². The van der Waals surface area contributed by atoms with Crippen LogP contribution in [0, 0.1) is 6.92 Å².